The van der Waals surface area contributed by atoms with Gasteiger partial charge in [0.15, 0.2) is 0 Å². The molecule has 0 saturated heterocycles. The molecule has 0 aromatic heterocycles. The first-order valence-corrected chi connectivity index (χ1v) is 6.02. The van der Waals surface area contributed by atoms with E-state index in [1.54, 1.807) is 14.2 Å². The maximum Gasteiger partial charge on any atom is 0.104 e. The molecule has 0 rings (SSSR count). The van der Waals surface area contributed by atoms with E-state index in [0.717, 1.165) is 13.0 Å². The number of ether oxygens (including phenoxy) is 4. The Morgan fingerprint density at radius 2 is 1.56 bits per heavy atom. The molecule has 0 aromatic carbocycles. The highest BCUT2D eigenvalue weighted by atomic mass is 16.6. The van der Waals surface area contributed by atoms with E-state index in [0.29, 0.717) is 26.4 Å². The summed E-state index contributed by atoms with van der Waals surface area (Å²) in [5, 5.41) is 0. The SMILES string of the molecule is CCCCCOCC(COCCOC)OC. The first kappa shape index (κ1) is 15.8. The lowest BCUT2D eigenvalue weighted by Crippen LogP contribution is -2.25. The Kier molecular flexibility index (Phi) is 12.8. The molecule has 0 heterocycles. The molecule has 0 aliphatic rings. The molecule has 0 aliphatic heterocycles. The molecule has 0 radical (unpaired) electrons. The zero-order valence-corrected chi connectivity index (χ0v) is 10.9. The highest BCUT2D eigenvalue weighted by Gasteiger charge is 2.07. The Labute approximate surface area is 99.2 Å². The minimum Gasteiger partial charge on any atom is -0.382 e. The normalized spacial score (nSPS) is 12.9. The molecular weight excluding hydrogens is 208 g/mol. The molecule has 0 saturated carbocycles. The number of hydrogen-bond acceptors (Lipinski definition) is 4. The van der Waals surface area contributed by atoms with Crippen molar-refractivity contribution in [2.24, 2.45) is 0 Å². The number of hydrogen-bond donors (Lipinski definition) is 0. The number of rotatable bonds is 12. The van der Waals surface area contributed by atoms with Crippen molar-refractivity contribution in [1.82, 2.24) is 0 Å². The van der Waals surface area contributed by atoms with E-state index < -0.39 is 0 Å². The molecule has 1 atom stereocenters. The Morgan fingerprint density at radius 1 is 0.875 bits per heavy atom. The molecule has 0 amide bonds. The van der Waals surface area contributed by atoms with Gasteiger partial charge in [-0.1, -0.05) is 19.8 Å². The van der Waals surface area contributed by atoms with Gasteiger partial charge in [0, 0.05) is 20.8 Å². The second-order valence-electron chi connectivity index (χ2n) is 3.71. The van der Waals surface area contributed by atoms with Crippen molar-refractivity contribution in [3.05, 3.63) is 0 Å². The molecule has 0 aliphatic carbocycles. The van der Waals surface area contributed by atoms with Crippen molar-refractivity contribution in [1.29, 1.82) is 0 Å². The van der Waals surface area contributed by atoms with Gasteiger partial charge < -0.3 is 18.9 Å². The third-order valence-electron chi connectivity index (χ3n) is 2.26. The second kappa shape index (κ2) is 12.9. The Balaban J connectivity index is 3.29. The van der Waals surface area contributed by atoms with Crippen molar-refractivity contribution in [3.8, 4) is 0 Å². The Hall–Kier alpha value is -0.160. The van der Waals surface area contributed by atoms with E-state index in [-0.39, 0.29) is 6.10 Å². The van der Waals surface area contributed by atoms with Crippen LogP contribution < -0.4 is 0 Å². The van der Waals surface area contributed by atoms with Crippen molar-refractivity contribution in [2.75, 3.05) is 47.3 Å². The van der Waals surface area contributed by atoms with Gasteiger partial charge in [-0.2, -0.15) is 0 Å². The van der Waals surface area contributed by atoms with Gasteiger partial charge in [-0.05, 0) is 6.42 Å². The third-order valence-corrected chi connectivity index (χ3v) is 2.26. The lowest BCUT2D eigenvalue weighted by Gasteiger charge is -2.15. The summed E-state index contributed by atoms with van der Waals surface area (Å²) < 4.78 is 21.0. The average molecular weight is 234 g/mol. The minimum atomic E-state index is 0.0264. The highest BCUT2D eigenvalue weighted by Crippen LogP contribution is 1.97. The highest BCUT2D eigenvalue weighted by molar-refractivity contribution is 4.54. The molecule has 0 aromatic rings. The fraction of sp³-hybridized carbons (Fsp3) is 1.00. The van der Waals surface area contributed by atoms with Crippen LogP contribution in [0.2, 0.25) is 0 Å². The maximum absolute atomic E-state index is 5.51. The van der Waals surface area contributed by atoms with Crippen LogP contribution in [0, 0.1) is 0 Å². The fourth-order valence-corrected chi connectivity index (χ4v) is 1.21. The van der Waals surface area contributed by atoms with Crippen molar-refractivity contribution in [2.45, 2.75) is 32.3 Å². The molecule has 0 N–H and O–H groups in total. The van der Waals surface area contributed by atoms with Gasteiger partial charge in [-0.15, -0.1) is 0 Å². The van der Waals surface area contributed by atoms with E-state index in [9.17, 15) is 0 Å². The van der Waals surface area contributed by atoms with Crippen LogP contribution in [0.4, 0.5) is 0 Å². The minimum absolute atomic E-state index is 0.0264. The largest absolute Gasteiger partial charge is 0.382 e. The van der Waals surface area contributed by atoms with Gasteiger partial charge in [0.2, 0.25) is 0 Å². The van der Waals surface area contributed by atoms with E-state index in [1.165, 1.54) is 12.8 Å². The van der Waals surface area contributed by atoms with Crippen LogP contribution in [0.15, 0.2) is 0 Å². The lowest BCUT2D eigenvalue weighted by atomic mass is 10.3. The maximum atomic E-state index is 5.51. The van der Waals surface area contributed by atoms with Crippen LogP contribution in [-0.2, 0) is 18.9 Å². The first-order valence-electron chi connectivity index (χ1n) is 6.02. The fourth-order valence-electron chi connectivity index (χ4n) is 1.21. The van der Waals surface area contributed by atoms with Crippen LogP contribution in [0.1, 0.15) is 26.2 Å². The summed E-state index contributed by atoms with van der Waals surface area (Å²) in [7, 11) is 3.34. The summed E-state index contributed by atoms with van der Waals surface area (Å²) in [6.45, 7) is 5.38. The number of methoxy groups -OCH3 is 2. The standard InChI is InChI=1S/C12H26O4/c1-4-5-6-7-15-10-12(14-3)11-16-9-8-13-2/h12H,4-11H2,1-3H3. The zero-order chi connectivity index (χ0) is 12.1. The predicted octanol–water partition coefficient (Wildman–Crippen LogP) is 1.87. The van der Waals surface area contributed by atoms with E-state index in [2.05, 4.69) is 6.92 Å². The smallest absolute Gasteiger partial charge is 0.104 e. The molecule has 98 valence electrons. The van der Waals surface area contributed by atoms with Crippen molar-refractivity contribution < 1.29 is 18.9 Å². The van der Waals surface area contributed by atoms with E-state index >= 15 is 0 Å². The summed E-state index contributed by atoms with van der Waals surface area (Å²) in [6.07, 6.45) is 3.59. The predicted molar refractivity (Wildman–Crippen MR) is 63.8 cm³/mol. The molecule has 1 unspecified atom stereocenters. The Bertz CT molecular complexity index is 130. The molecule has 0 spiro atoms. The van der Waals surface area contributed by atoms with Crippen LogP contribution >= 0.6 is 0 Å². The summed E-state index contributed by atoms with van der Waals surface area (Å²) in [6, 6.07) is 0. The molecule has 16 heavy (non-hydrogen) atoms. The molecule has 0 fully saturated rings. The topological polar surface area (TPSA) is 36.9 Å². The zero-order valence-electron chi connectivity index (χ0n) is 10.9. The van der Waals surface area contributed by atoms with Crippen LogP contribution in [0.25, 0.3) is 0 Å². The van der Waals surface area contributed by atoms with Gasteiger partial charge >= 0.3 is 0 Å². The number of unbranched alkanes of at least 4 members (excludes halogenated alkanes) is 2. The molecular formula is C12H26O4. The quantitative estimate of drug-likeness (QED) is 0.483. The van der Waals surface area contributed by atoms with Gasteiger partial charge in [0.05, 0.1) is 26.4 Å². The van der Waals surface area contributed by atoms with E-state index in [1.807, 2.05) is 0 Å². The lowest BCUT2D eigenvalue weighted by molar-refractivity contribution is -0.0481. The molecule has 4 nitrogen and oxygen atoms in total. The Morgan fingerprint density at radius 3 is 2.12 bits per heavy atom. The first-order chi connectivity index (χ1) is 7.85. The molecule has 0 bridgehead atoms. The van der Waals surface area contributed by atoms with Crippen LogP contribution in [0.3, 0.4) is 0 Å². The third kappa shape index (κ3) is 10.4. The summed E-state index contributed by atoms with van der Waals surface area (Å²) >= 11 is 0. The average Bonchev–Trinajstić information content (AvgIpc) is 2.31. The second-order valence-corrected chi connectivity index (χ2v) is 3.71. The monoisotopic (exact) mass is 234 g/mol. The van der Waals surface area contributed by atoms with Crippen LogP contribution in [-0.4, -0.2) is 53.4 Å². The molecule has 4 heteroatoms. The van der Waals surface area contributed by atoms with Gasteiger partial charge in [-0.3, -0.25) is 0 Å². The van der Waals surface area contributed by atoms with Gasteiger partial charge in [0.25, 0.3) is 0 Å². The van der Waals surface area contributed by atoms with Gasteiger partial charge in [0.1, 0.15) is 6.10 Å². The van der Waals surface area contributed by atoms with E-state index in [4.69, 9.17) is 18.9 Å². The summed E-state index contributed by atoms with van der Waals surface area (Å²) in [4.78, 5) is 0. The van der Waals surface area contributed by atoms with Gasteiger partial charge in [-0.25, -0.2) is 0 Å². The van der Waals surface area contributed by atoms with Crippen molar-refractivity contribution in [3.63, 3.8) is 0 Å². The summed E-state index contributed by atoms with van der Waals surface area (Å²) in [5.74, 6) is 0. The van der Waals surface area contributed by atoms with Crippen molar-refractivity contribution >= 4 is 0 Å². The van der Waals surface area contributed by atoms with Crippen LogP contribution in [0.5, 0.6) is 0 Å². The summed E-state index contributed by atoms with van der Waals surface area (Å²) in [5.41, 5.74) is 0.